The molecule has 1 heterocycles. The number of thiophene rings is 1. The summed E-state index contributed by atoms with van der Waals surface area (Å²) in [5, 5.41) is 3.74. The number of aryl methyl sites for hydroxylation is 1. The zero-order chi connectivity index (χ0) is 26.3. The Morgan fingerprint density at radius 2 is 1.79 bits per heavy atom. The van der Waals surface area contributed by atoms with Gasteiger partial charge in [0.05, 0.1) is 12.2 Å². The Morgan fingerprint density at radius 1 is 1.00 bits per heavy atom. The van der Waals surface area contributed by atoms with Crippen LogP contribution in [-0.2, 0) is 19.4 Å². The molecule has 1 N–H and O–H groups in total. The fourth-order valence-electron chi connectivity index (χ4n) is 4.49. The molecule has 0 bridgehead atoms. The number of halogens is 1. The lowest BCUT2D eigenvalue weighted by molar-refractivity contribution is 0.102. The number of benzene rings is 3. The van der Waals surface area contributed by atoms with Gasteiger partial charge in [0.2, 0.25) is 0 Å². The van der Waals surface area contributed by atoms with Crippen molar-refractivity contribution in [2.75, 3.05) is 11.9 Å². The van der Waals surface area contributed by atoms with Crippen molar-refractivity contribution in [1.82, 2.24) is 0 Å². The number of ether oxygens (including phenoxy) is 2. The molecule has 0 radical (unpaired) electrons. The average molecular weight is 529 g/mol. The van der Waals surface area contributed by atoms with E-state index in [1.807, 2.05) is 49.4 Å². The normalized spacial score (nSPS) is 12.8. The lowest BCUT2D eigenvalue weighted by Gasteiger charge is -2.13. The Morgan fingerprint density at radius 3 is 2.61 bits per heavy atom. The van der Waals surface area contributed by atoms with Crippen molar-refractivity contribution >= 4 is 34.1 Å². The summed E-state index contributed by atoms with van der Waals surface area (Å²) in [6.45, 7) is 2.45. The maximum Gasteiger partial charge on any atom is 0.259 e. The molecule has 38 heavy (non-hydrogen) atoms. The molecule has 0 spiro atoms. The van der Waals surface area contributed by atoms with Crippen LogP contribution >= 0.6 is 11.3 Å². The molecular weight excluding hydrogens is 499 g/mol. The van der Waals surface area contributed by atoms with Gasteiger partial charge in [0.25, 0.3) is 5.91 Å². The Kier molecular flexibility index (Phi) is 8.14. The summed E-state index contributed by atoms with van der Waals surface area (Å²) < 4.78 is 25.7. The first-order valence-electron chi connectivity index (χ1n) is 12.8. The smallest absolute Gasteiger partial charge is 0.259 e. The highest BCUT2D eigenvalue weighted by Crippen LogP contribution is 2.40. The Hall–Kier alpha value is -3.97. The van der Waals surface area contributed by atoms with Crippen LogP contribution in [0, 0.1) is 5.82 Å². The van der Waals surface area contributed by atoms with Gasteiger partial charge in [-0.15, -0.1) is 11.3 Å². The van der Waals surface area contributed by atoms with Crippen molar-refractivity contribution in [1.29, 1.82) is 0 Å². The second kappa shape index (κ2) is 12.0. The van der Waals surface area contributed by atoms with Gasteiger partial charge in [0, 0.05) is 22.3 Å². The lowest BCUT2D eigenvalue weighted by Crippen LogP contribution is -2.14. The third-order valence-corrected chi connectivity index (χ3v) is 7.55. The number of anilines is 1. The van der Waals surface area contributed by atoms with Crippen molar-refractivity contribution < 1.29 is 18.7 Å². The summed E-state index contributed by atoms with van der Waals surface area (Å²) in [4.78, 5) is 19.3. The molecule has 5 nitrogen and oxygen atoms in total. The van der Waals surface area contributed by atoms with E-state index < -0.39 is 0 Å². The molecule has 1 aliphatic rings. The minimum absolute atomic E-state index is 0.0980. The number of carbonyl (C=O) groups excluding carboxylic acids is 1. The van der Waals surface area contributed by atoms with Crippen LogP contribution in [0.15, 0.2) is 77.8 Å². The van der Waals surface area contributed by atoms with Crippen LogP contribution in [0.3, 0.4) is 0 Å². The molecule has 1 amide bonds. The van der Waals surface area contributed by atoms with E-state index in [0.29, 0.717) is 34.2 Å². The first-order valence-corrected chi connectivity index (χ1v) is 13.6. The number of amides is 1. The zero-order valence-corrected chi connectivity index (χ0v) is 22.0. The van der Waals surface area contributed by atoms with Crippen LogP contribution < -0.4 is 14.8 Å². The second-order valence-corrected chi connectivity index (χ2v) is 10.1. The molecule has 0 atom stereocenters. The van der Waals surface area contributed by atoms with Crippen molar-refractivity contribution in [3.63, 3.8) is 0 Å². The van der Waals surface area contributed by atoms with Crippen LogP contribution in [0.1, 0.15) is 51.7 Å². The molecule has 3 aromatic carbocycles. The van der Waals surface area contributed by atoms with Gasteiger partial charge in [0.15, 0.2) is 11.5 Å². The highest BCUT2D eigenvalue weighted by molar-refractivity contribution is 7.16. The van der Waals surface area contributed by atoms with E-state index in [1.54, 1.807) is 41.8 Å². The molecular formula is C31H29FN2O3S. The number of hydrogen-bond acceptors (Lipinski definition) is 5. The summed E-state index contributed by atoms with van der Waals surface area (Å²) >= 11 is 1.59. The molecule has 5 rings (SSSR count). The predicted octanol–water partition coefficient (Wildman–Crippen LogP) is 7.75. The molecule has 1 aromatic heterocycles. The van der Waals surface area contributed by atoms with E-state index in [2.05, 4.69) is 5.32 Å². The standard InChI is InChI=1S/C31H29FN2O3S/c1-2-36-27-18-21(16-17-26(27)37-20-22-10-6-8-14-25(22)32)19-33-31-29(24-13-7-9-15-28(24)38-31)30(35)34-23-11-4-3-5-12-23/h3-6,8,10-12,14,16-19H,2,7,9,13,15,20H2,1H3,(H,34,35)/b33-19+. The SMILES string of the molecule is CCOc1cc(/C=N/c2sc3c(c2C(=O)Nc2ccccc2)CCCC3)ccc1OCc1ccccc1F. The minimum Gasteiger partial charge on any atom is -0.490 e. The van der Waals surface area contributed by atoms with Crippen molar-refractivity contribution in [3.05, 3.63) is 106 Å². The highest BCUT2D eigenvalue weighted by atomic mass is 32.1. The van der Waals surface area contributed by atoms with Gasteiger partial charge >= 0.3 is 0 Å². The van der Waals surface area contributed by atoms with E-state index >= 15 is 0 Å². The summed E-state index contributed by atoms with van der Waals surface area (Å²) in [6, 6.07) is 21.5. The Labute approximate surface area is 226 Å². The van der Waals surface area contributed by atoms with Crippen LogP contribution in [0.4, 0.5) is 15.1 Å². The first-order chi connectivity index (χ1) is 18.6. The van der Waals surface area contributed by atoms with Crippen molar-refractivity contribution in [3.8, 4) is 11.5 Å². The third kappa shape index (κ3) is 5.94. The van der Waals surface area contributed by atoms with Gasteiger partial charge in [-0.1, -0.05) is 36.4 Å². The number of para-hydroxylation sites is 1. The number of nitrogens with one attached hydrogen (secondary N) is 1. The van der Waals surface area contributed by atoms with E-state index in [0.717, 1.165) is 42.5 Å². The lowest BCUT2D eigenvalue weighted by atomic mass is 9.95. The van der Waals surface area contributed by atoms with Gasteiger partial charge in [-0.25, -0.2) is 9.38 Å². The van der Waals surface area contributed by atoms with Gasteiger partial charge in [-0.05, 0) is 80.1 Å². The molecule has 0 saturated carbocycles. The minimum atomic E-state index is -0.306. The molecule has 0 aliphatic heterocycles. The average Bonchev–Trinajstić information content (AvgIpc) is 3.31. The summed E-state index contributed by atoms with van der Waals surface area (Å²) in [5.41, 5.74) is 3.83. The maximum atomic E-state index is 14.0. The number of nitrogens with zero attached hydrogens (tertiary/aromatic N) is 1. The van der Waals surface area contributed by atoms with Crippen LogP contribution in [-0.4, -0.2) is 18.7 Å². The topological polar surface area (TPSA) is 59.9 Å². The molecule has 1 aliphatic carbocycles. The molecule has 194 valence electrons. The van der Waals surface area contributed by atoms with Gasteiger partial charge in [-0.2, -0.15) is 0 Å². The van der Waals surface area contributed by atoms with E-state index in [-0.39, 0.29) is 18.3 Å². The summed E-state index contributed by atoms with van der Waals surface area (Å²) in [5.74, 6) is 0.650. The second-order valence-electron chi connectivity index (χ2n) is 8.99. The number of hydrogen-bond donors (Lipinski definition) is 1. The Balaban J connectivity index is 1.39. The fourth-order valence-corrected chi connectivity index (χ4v) is 5.72. The third-order valence-electron chi connectivity index (χ3n) is 6.35. The Bertz CT molecular complexity index is 1450. The quantitative estimate of drug-likeness (QED) is 0.226. The number of rotatable bonds is 9. The summed E-state index contributed by atoms with van der Waals surface area (Å²) in [6.07, 6.45) is 5.82. The maximum absolute atomic E-state index is 14.0. The number of aliphatic imine (C=N–C) groups is 1. The molecule has 0 saturated heterocycles. The monoisotopic (exact) mass is 528 g/mol. The van der Waals surface area contributed by atoms with E-state index in [1.165, 1.54) is 10.9 Å². The first kappa shape index (κ1) is 25.7. The highest BCUT2D eigenvalue weighted by Gasteiger charge is 2.25. The zero-order valence-electron chi connectivity index (χ0n) is 21.2. The fraction of sp³-hybridized carbons (Fsp3) is 0.226. The number of fused-ring (bicyclic) bond motifs is 1. The van der Waals surface area contributed by atoms with E-state index in [4.69, 9.17) is 14.5 Å². The van der Waals surface area contributed by atoms with Crippen LogP contribution in [0.2, 0.25) is 0 Å². The molecule has 0 fully saturated rings. The van der Waals surface area contributed by atoms with E-state index in [9.17, 15) is 9.18 Å². The van der Waals surface area contributed by atoms with Crippen molar-refractivity contribution in [2.24, 2.45) is 4.99 Å². The van der Waals surface area contributed by atoms with Gasteiger partial charge in [0.1, 0.15) is 17.4 Å². The van der Waals surface area contributed by atoms with Gasteiger partial charge in [-0.3, -0.25) is 4.79 Å². The largest absolute Gasteiger partial charge is 0.490 e. The summed E-state index contributed by atoms with van der Waals surface area (Å²) in [7, 11) is 0. The van der Waals surface area contributed by atoms with Crippen LogP contribution in [0.25, 0.3) is 0 Å². The van der Waals surface area contributed by atoms with Crippen molar-refractivity contribution in [2.45, 2.75) is 39.2 Å². The predicted molar refractivity (Wildman–Crippen MR) is 151 cm³/mol. The molecule has 0 unspecified atom stereocenters. The van der Waals surface area contributed by atoms with Gasteiger partial charge < -0.3 is 14.8 Å². The number of carbonyl (C=O) groups is 1. The van der Waals surface area contributed by atoms with Crippen LogP contribution in [0.5, 0.6) is 11.5 Å². The molecule has 7 heteroatoms. The molecule has 4 aromatic rings.